The average molecular weight is 260 g/mol. The van der Waals surface area contributed by atoms with Crippen LogP contribution < -0.4 is 5.32 Å². The van der Waals surface area contributed by atoms with E-state index < -0.39 is 6.55 Å². The molecule has 0 spiro atoms. The Labute approximate surface area is 107 Å². The second-order valence-corrected chi connectivity index (χ2v) is 4.14. The number of likely N-dealkylation sites (N-methyl/N-ethyl adjacent to an activating group) is 1. The van der Waals surface area contributed by atoms with Crippen molar-refractivity contribution in [3.05, 3.63) is 18.2 Å². The van der Waals surface area contributed by atoms with Crippen molar-refractivity contribution in [1.82, 2.24) is 19.8 Å². The van der Waals surface area contributed by atoms with Crippen molar-refractivity contribution in [2.45, 2.75) is 33.4 Å². The number of rotatable bonds is 9. The van der Waals surface area contributed by atoms with E-state index in [4.69, 9.17) is 0 Å². The molecule has 0 fully saturated rings. The fraction of sp³-hybridized carbons (Fsp3) is 0.750. The zero-order chi connectivity index (χ0) is 13.4. The number of aromatic nitrogens is 2. The molecule has 1 N–H and O–H groups in total. The third-order valence-electron chi connectivity index (χ3n) is 2.83. The van der Waals surface area contributed by atoms with Crippen molar-refractivity contribution in [3.8, 4) is 0 Å². The van der Waals surface area contributed by atoms with Gasteiger partial charge in [-0.25, -0.2) is 4.98 Å². The monoisotopic (exact) mass is 260 g/mol. The van der Waals surface area contributed by atoms with Crippen molar-refractivity contribution in [2.75, 3.05) is 26.2 Å². The third kappa shape index (κ3) is 4.70. The first-order valence-corrected chi connectivity index (χ1v) is 6.42. The Bertz CT molecular complexity index is 328. The van der Waals surface area contributed by atoms with E-state index in [1.165, 1.54) is 12.4 Å². The maximum absolute atomic E-state index is 12.5. The summed E-state index contributed by atoms with van der Waals surface area (Å²) in [5.74, 6) is 0.378. The van der Waals surface area contributed by atoms with Gasteiger partial charge < -0.3 is 10.2 Å². The van der Waals surface area contributed by atoms with Crippen LogP contribution in [0.3, 0.4) is 0 Å². The zero-order valence-electron chi connectivity index (χ0n) is 11.1. The van der Waals surface area contributed by atoms with E-state index >= 15 is 0 Å². The molecule has 0 radical (unpaired) electrons. The molecule has 0 aromatic carbocycles. The molecule has 6 heteroatoms. The maximum Gasteiger partial charge on any atom is 0.319 e. The molecule has 4 nitrogen and oxygen atoms in total. The van der Waals surface area contributed by atoms with Crippen molar-refractivity contribution in [1.29, 1.82) is 0 Å². The molecule has 0 saturated carbocycles. The van der Waals surface area contributed by atoms with Crippen LogP contribution in [0.1, 0.15) is 32.6 Å². The summed E-state index contributed by atoms with van der Waals surface area (Å²) in [5, 5.41) is 3.15. The first kappa shape index (κ1) is 15.0. The van der Waals surface area contributed by atoms with Gasteiger partial charge in [-0.15, -0.1) is 0 Å². The molecule has 0 amide bonds. The summed E-state index contributed by atoms with van der Waals surface area (Å²) in [6.45, 7) is 5.93. The Morgan fingerprint density at radius 2 is 2.17 bits per heavy atom. The van der Waals surface area contributed by atoms with Crippen molar-refractivity contribution >= 4 is 0 Å². The summed E-state index contributed by atoms with van der Waals surface area (Å²) in [7, 11) is 0. The van der Waals surface area contributed by atoms with Crippen LogP contribution in [0.5, 0.6) is 0 Å². The van der Waals surface area contributed by atoms with Crippen LogP contribution in [0.15, 0.2) is 12.4 Å². The van der Waals surface area contributed by atoms with E-state index in [9.17, 15) is 8.78 Å². The van der Waals surface area contributed by atoms with Crippen LogP contribution in [-0.4, -0.2) is 40.6 Å². The minimum atomic E-state index is -2.52. The lowest BCUT2D eigenvalue weighted by Crippen LogP contribution is -2.32. The van der Waals surface area contributed by atoms with Crippen LogP contribution in [0.2, 0.25) is 0 Å². The minimum absolute atomic E-state index is 0.376. The number of alkyl halides is 2. The lowest BCUT2D eigenvalue weighted by atomic mass is 10.4. The van der Waals surface area contributed by atoms with Gasteiger partial charge in [-0.1, -0.05) is 13.8 Å². The molecule has 0 bridgehead atoms. The van der Waals surface area contributed by atoms with E-state index in [1.807, 2.05) is 0 Å². The van der Waals surface area contributed by atoms with E-state index in [0.717, 1.165) is 37.2 Å². The molecule has 0 unspecified atom stereocenters. The topological polar surface area (TPSA) is 33.1 Å². The molecule has 104 valence electrons. The Hall–Kier alpha value is -1.01. The SMILES string of the molecule is CCCN(CC)CCNCc1nccn1C(F)F. The van der Waals surface area contributed by atoms with Gasteiger partial charge in [-0.05, 0) is 19.5 Å². The summed E-state index contributed by atoms with van der Waals surface area (Å²) in [5.41, 5.74) is 0. The Balaban J connectivity index is 2.27. The number of imidazole rings is 1. The van der Waals surface area contributed by atoms with E-state index in [2.05, 4.69) is 29.0 Å². The van der Waals surface area contributed by atoms with E-state index in [-0.39, 0.29) is 0 Å². The zero-order valence-corrected chi connectivity index (χ0v) is 11.1. The summed E-state index contributed by atoms with van der Waals surface area (Å²) in [6.07, 6.45) is 3.83. The molecule has 1 aromatic heterocycles. The van der Waals surface area contributed by atoms with Crippen LogP contribution in [0.25, 0.3) is 0 Å². The van der Waals surface area contributed by atoms with Crippen molar-refractivity contribution in [3.63, 3.8) is 0 Å². The Morgan fingerprint density at radius 1 is 1.39 bits per heavy atom. The average Bonchev–Trinajstić information content (AvgIpc) is 2.81. The van der Waals surface area contributed by atoms with Gasteiger partial charge in [-0.3, -0.25) is 4.57 Å². The van der Waals surface area contributed by atoms with Crippen molar-refractivity contribution in [2.24, 2.45) is 0 Å². The molecule has 0 saturated heterocycles. The van der Waals surface area contributed by atoms with E-state index in [0.29, 0.717) is 12.4 Å². The molecular formula is C12H22F2N4. The second kappa shape index (κ2) is 8.16. The van der Waals surface area contributed by atoms with Gasteiger partial charge in [0, 0.05) is 25.5 Å². The van der Waals surface area contributed by atoms with Gasteiger partial charge in [0.2, 0.25) is 0 Å². The Kier molecular flexibility index (Phi) is 6.82. The van der Waals surface area contributed by atoms with Gasteiger partial charge in [0.25, 0.3) is 0 Å². The standard InChI is InChI=1S/C12H22F2N4/c1-3-7-17(4-2)8-5-15-10-11-16-6-9-18(11)12(13)14/h6,9,12,15H,3-5,7-8,10H2,1-2H3. The molecule has 0 aliphatic heterocycles. The van der Waals surface area contributed by atoms with Crippen LogP contribution in [-0.2, 0) is 6.54 Å². The second-order valence-electron chi connectivity index (χ2n) is 4.14. The normalized spacial score (nSPS) is 11.7. The van der Waals surface area contributed by atoms with Gasteiger partial charge in [0.1, 0.15) is 5.82 Å². The number of nitrogens with zero attached hydrogens (tertiary/aromatic N) is 3. The number of hydrogen-bond donors (Lipinski definition) is 1. The molecule has 1 rings (SSSR count). The lowest BCUT2D eigenvalue weighted by Gasteiger charge is -2.19. The van der Waals surface area contributed by atoms with Crippen LogP contribution in [0.4, 0.5) is 8.78 Å². The highest BCUT2D eigenvalue weighted by molar-refractivity contribution is 4.92. The molecule has 1 aromatic rings. The predicted molar refractivity (Wildman–Crippen MR) is 67.6 cm³/mol. The molecule has 0 atom stereocenters. The molecule has 0 aliphatic carbocycles. The fourth-order valence-electron chi connectivity index (χ4n) is 1.84. The summed E-state index contributed by atoms with van der Waals surface area (Å²) >= 11 is 0. The smallest absolute Gasteiger partial charge is 0.309 e. The highest BCUT2D eigenvalue weighted by atomic mass is 19.3. The molecule has 0 aliphatic rings. The first-order valence-electron chi connectivity index (χ1n) is 6.42. The minimum Gasteiger partial charge on any atom is -0.309 e. The van der Waals surface area contributed by atoms with Crippen LogP contribution >= 0.6 is 0 Å². The third-order valence-corrected chi connectivity index (χ3v) is 2.83. The number of hydrogen-bond acceptors (Lipinski definition) is 3. The first-order chi connectivity index (χ1) is 8.69. The summed E-state index contributed by atoms with van der Waals surface area (Å²) in [6, 6.07) is 0. The van der Waals surface area contributed by atoms with E-state index in [1.54, 1.807) is 0 Å². The highest BCUT2D eigenvalue weighted by Crippen LogP contribution is 2.11. The van der Waals surface area contributed by atoms with Gasteiger partial charge in [0.15, 0.2) is 0 Å². The summed E-state index contributed by atoms with van der Waals surface area (Å²) in [4.78, 5) is 6.24. The fourth-order valence-corrected chi connectivity index (χ4v) is 1.84. The predicted octanol–water partition coefficient (Wildman–Crippen LogP) is 2.10. The molecular weight excluding hydrogens is 238 g/mol. The van der Waals surface area contributed by atoms with Crippen LogP contribution in [0, 0.1) is 0 Å². The lowest BCUT2D eigenvalue weighted by molar-refractivity contribution is 0.0666. The summed E-state index contributed by atoms with van der Waals surface area (Å²) < 4.78 is 26.0. The van der Waals surface area contributed by atoms with Gasteiger partial charge >= 0.3 is 6.55 Å². The highest BCUT2D eigenvalue weighted by Gasteiger charge is 2.10. The number of nitrogens with one attached hydrogen (secondary N) is 1. The quantitative estimate of drug-likeness (QED) is 0.690. The molecule has 1 heterocycles. The largest absolute Gasteiger partial charge is 0.319 e. The molecule has 18 heavy (non-hydrogen) atoms. The number of halogens is 2. The van der Waals surface area contributed by atoms with Gasteiger partial charge in [0.05, 0.1) is 6.54 Å². The van der Waals surface area contributed by atoms with Crippen molar-refractivity contribution < 1.29 is 8.78 Å². The van der Waals surface area contributed by atoms with Gasteiger partial charge in [-0.2, -0.15) is 8.78 Å². The maximum atomic E-state index is 12.5. The Morgan fingerprint density at radius 3 is 2.78 bits per heavy atom.